The van der Waals surface area contributed by atoms with Gasteiger partial charge >= 0.3 is 0 Å². The summed E-state index contributed by atoms with van der Waals surface area (Å²) in [5.41, 5.74) is 0.265. The lowest BCUT2D eigenvalue weighted by atomic mass is 9.97. The van der Waals surface area contributed by atoms with Crippen molar-refractivity contribution in [2.45, 2.75) is 98.2 Å². The summed E-state index contributed by atoms with van der Waals surface area (Å²) in [7, 11) is 1.29. The number of methoxy groups -OCH3 is 1. The number of benzene rings is 2. The zero-order chi connectivity index (χ0) is 39.9. The minimum Gasteiger partial charge on any atom is -0.508 e. The average molecular weight is 789 g/mol. The molecule has 0 bridgehead atoms. The van der Waals surface area contributed by atoms with E-state index in [4.69, 9.17) is 37.9 Å². The number of rotatable bonds is 11. The highest BCUT2D eigenvalue weighted by molar-refractivity contribution is 5.70. The van der Waals surface area contributed by atoms with E-state index in [1.54, 1.807) is 0 Å². The number of aliphatic hydroxyl groups is 11. The molecule has 0 aromatic heterocycles. The predicted octanol–water partition coefficient (Wildman–Crippen LogP) is -4.60. The number of ether oxygens (including phenoxy) is 8. The average Bonchev–Trinajstić information content (AvgIpc) is 3.17. The Morgan fingerprint density at radius 2 is 1.16 bits per heavy atom. The lowest BCUT2D eigenvalue weighted by Crippen LogP contribution is -2.64. The van der Waals surface area contributed by atoms with Crippen molar-refractivity contribution >= 4 is 6.08 Å². The highest BCUT2D eigenvalue weighted by atomic mass is 16.8. The van der Waals surface area contributed by atoms with Gasteiger partial charge in [0, 0.05) is 17.7 Å². The molecule has 21 nitrogen and oxygen atoms in total. The zero-order valence-corrected chi connectivity index (χ0v) is 28.9. The summed E-state index contributed by atoms with van der Waals surface area (Å²) >= 11 is 0. The van der Waals surface area contributed by atoms with E-state index in [-0.39, 0.29) is 39.9 Å². The highest BCUT2D eigenvalue weighted by Gasteiger charge is 2.52. The second-order valence-corrected chi connectivity index (χ2v) is 13.3. The molecule has 6 rings (SSSR count). The molecule has 4 heterocycles. The van der Waals surface area contributed by atoms with Gasteiger partial charge in [0.25, 0.3) is 0 Å². The van der Waals surface area contributed by atoms with E-state index in [1.807, 2.05) is 0 Å². The quantitative estimate of drug-likeness (QED) is 0.102. The van der Waals surface area contributed by atoms with Gasteiger partial charge in [-0.1, -0.05) is 6.07 Å². The second-order valence-electron chi connectivity index (χ2n) is 13.3. The monoisotopic (exact) mass is 788 g/mol. The number of aliphatic hydroxyl groups excluding tert-OH is 11. The molecule has 0 amide bonds. The van der Waals surface area contributed by atoms with Crippen LogP contribution in [0.3, 0.4) is 0 Å². The minimum absolute atomic E-state index is 0.00503. The Morgan fingerprint density at radius 3 is 1.76 bits per heavy atom. The molecule has 13 N–H and O–H groups in total. The molecule has 2 aromatic rings. The maximum absolute atomic E-state index is 11.2. The first-order valence-corrected chi connectivity index (χ1v) is 17.1. The Kier molecular flexibility index (Phi) is 12.6. The van der Waals surface area contributed by atoms with Crippen LogP contribution in [0.25, 0.3) is 6.08 Å². The molecule has 1 unspecified atom stereocenters. The first kappa shape index (κ1) is 41.0. The summed E-state index contributed by atoms with van der Waals surface area (Å²) in [4.78, 5) is 0. The molecule has 0 saturated carbocycles. The lowest BCUT2D eigenvalue weighted by Gasteiger charge is -2.46. The molecular formula is C34H44O21. The fourth-order valence-electron chi connectivity index (χ4n) is 6.57. The Bertz CT molecular complexity index is 1650. The number of phenols is 2. The van der Waals surface area contributed by atoms with Crippen LogP contribution in [-0.4, -0.2) is 185 Å². The summed E-state index contributed by atoms with van der Waals surface area (Å²) in [5.74, 6) is -1.16. The van der Waals surface area contributed by atoms with E-state index < -0.39 is 124 Å². The van der Waals surface area contributed by atoms with E-state index in [0.29, 0.717) is 0 Å². The van der Waals surface area contributed by atoms with Gasteiger partial charge in [0.15, 0.2) is 30.0 Å². The van der Waals surface area contributed by atoms with Crippen LogP contribution < -0.4 is 14.2 Å². The smallest absolute Gasteiger partial charge is 0.229 e. The van der Waals surface area contributed by atoms with Gasteiger partial charge in [-0.05, 0) is 18.2 Å². The van der Waals surface area contributed by atoms with Crippen molar-refractivity contribution < 1.29 is 104 Å². The maximum Gasteiger partial charge on any atom is 0.229 e. The number of hydrogen-bond acceptors (Lipinski definition) is 21. The number of hydrogen-bond donors (Lipinski definition) is 13. The zero-order valence-electron chi connectivity index (χ0n) is 28.9. The van der Waals surface area contributed by atoms with Gasteiger partial charge in [0.05, 0.1) is 32.5 Å². The first-order valence-electron chi connectivity index (χ1n) is 17.1. The van der Waals surface area contributed by atoms with Crippen molar-refractivity contribution in [2.24, 2.45) is 0 Å². The SMILES string of the molecule is COc1cc(C2Oc3cc(O)cc(O[C@@H]4O[C@H](CO)[C@@H](O)[C@H](O)[C@H]4O)c3C=C2O[C@@H]2O[C@@H](CO)[C@@H](O)[C@@H](O)[C@@H]2O[C@@H]2O[C@@H](CO)[C@@H](O)[C@H](O)[C@H]2O)ccc1O. The van der Waals surface area contributed by atoms with Gasteiger partial charge < -0.3 is 104 Å². The number of phenolic OH excluding ortho intramolecular Hbond substituents is 2. The van der Waals surface area contributed by atoms with E-state index in [9.17, 15) is 66.4 Å². The van der Waals surface area contributed by atoms with Crippen LogP contribution in [-0.2, 0) is 23.7 Å². The Hall–Kier alpha value is -3.62. The molecule has 3 fully saturated rings. The Labute approximate surface area is 311 Å². The van der Waals surface area contributed by atoms with Gasteiger partial charge in [0.2, 0.25) is 12.6 Å². The highest BCUT2D eigenvalue weighted by Crippen LogP contribution is 2.47. The third-order valence-electron chi connectivity index (χ3n) is 9.69. The Balaban J connectivity index is 1.41. The third kappa shape index (κ3) is 8.00. The Morgan fingerprint density at radius 1 is 0.600 bits per heavy atom. The maximum atomic E-state index is 11.2. The summed E-state index contributed by atoms with van der Waals surface area (Å²) in [6, 6.07) is 6.38. The van der Waals surface area contributed by atoms with Crippen LogP contribution in [0.15, 0.2) is 36.1 Å². The molecule has 0 spiro atoms. The van der Waals surface area contributed by atoms with Gasteiger partial charge in [0.1, 0.15) is 90.2 Å². The molecule has 306 valence electrons. The van der Waals surface area contributed by atoms with Gasteiger partial charge in [-0.25, -0.2) is 0 Å². The molecule has 3 saturated heterocycles. The molecule has 4 aliphatic rings. The molecule has 55 heavy (non-hydrogen) atoms. The van der Waals surface area contributed by atoms with Crippen LogP contribution in [0, 0.1) is 0 Å². The third-order valence-corrected chi connectivity index (χ3v) is 9.69. The molecule has 0 radical (unpaired) electrons. The molecule has 2 aromatic carbocycles. The van der Waals surface area contributed by atoms with Gasteiger partial charge in [-0.3, -0.25) is 0 Å². The van der Waals surface area contributed by atoms with Crippen LogP contribution in [0.2, 0.25) is 0 Å². The van der Waals surface area contributed by atoms with Gasteiger partial charge in [-0.15, -0.1) is 0 Å². The van der Waals surface area contributed by atoms with E-state index >= 15 is 0 Å². The van der Waals surface area contributed by atoms with Crippen LogP contribution in [0.4, 0.5) is 0 Å². The largest absolute Gasteiger partial charge is 0.508 e. The van der Waals surface area contributed by atoms with Crippen molar-refractivity contribution in [2.75, 3.05) is 26.9 Å². The standard InChI is InChI=1S/C34H44O21/c1-48-17-4-11(2-3-14(17)39)30-18(7-13-15(49-30)5-12(38)6-16(13)50-32-28(46)25(43)22(40)19(8-35)52-32)51-34-31(27(45)24(42)21(10-37)54-34)55-33-29(47)26(44)23(41)20(9-36)53-33/h2-7,19-47H,8-10H2,1H3/t19-,20+,21+,22-,23-,24-,25+,26+,27-,28-,29-,30?,31+,32-,33+,34-/m1/s1. The van der Waals surface area contributed by atoms with Crippen molar-refractivity contribution in [3.05, 3.63) is 47.2 Å². The fourth-order valence-corrected chi connectivity index (χ4v) is 6.57. The molecule has 21 heteroatoms. The predicted molar refractivity (Wildman–Crippen MR) is 176 cm³/mol. The number of aromatic hydroxyl groups is 2. The van der Waals surface area contributed by atoms with Crippen molar-refractivity contribution in [1.29, 1.82) is 0 Å². The summed E-state index contributed by atoms with van der Waals surface area (Å²) in [5, 5.41) is 135. The molecule has 4 aliphatic heterocycles. The van der Waals surface area contributed by atoms with Crippen LogP contribution in [0.1, 0.15) is 17.2 Å². The minimum atomic E-state index is -1.95. The summed E-state index contributed by atoms with van der Waals surface area (Å²) in [6.07, 6.45) is -26.1. The topological polar surface area (TPSA) is 337 Å². The van der Waals surface area contributed by atoms with Crippen LogP contribution >= 0.6 is 0 Å². The number of fused-ring (bicyclic) bond motifs is 1. The second kappa shape index (κ2) is 16.9. The van der Waals surface area contributed by atoms with E-state index in [1.165, 1.54) is 37.5 Å². The lowest BCUT2D eigenvalue weighted by molar-refractivity contribution is -0.364. The van der Waals surface area contributed by atoms with E-state index in [0.717, 1.165) is 6.07 Å². The fraction of sp³-hybridized carbons (Fsp3) is 0.588. The van der Waals surface area contributed by atoms with Crippen molar-refractivity contribution in [3.8, 4) is 28.7 Å². The molecule has 16 atom stereocenters. The van der Waals surface area contributed by atoms with Crippen molar-refractivity contribution in [3.63, 3.8) is 0 Å². The summed E-state index contributed by atoms with van der Waals surface area (Å²) < 4.78 is 46.2. The van der Waals surface area contributed by atoms with Crippen molar-refractivity contribution in [1.82, 2.24) is 0 Å². The van der Waals surface area contributed by atoms with E-state index in [2.05, 4.69) is 0 Å². The molecular weight excluding hydrogens is 744 g/mol. The normalized spacial score (nSPS) is 39.0. The molecule has 0 aliphatic carbocycles. The van der Waals surface area contributed by atoms with Gasteiger partial charge in [-0.2, -0.15) is 0 Å². The summed E-state index contributed by atoms with van der Waals surface area (Å²) in [6.45, 7) is -2.41. The van der Waals surface area contributed by atoms with Crippen LogP contribution in [0.5, 0.6) is 28.7 Å². The first-order chi connectivity index (χ1) is 26.2.